The fraction of sp³-hybridized carbons (Fsp3) is 0.600. The van der Waals surface area contributed by atoms with E-state index in [0.717, 1.165) is 6.35 Å². The van der Waals surface area contributed by atoms with Gasteiger partial charge in [-0.25, -0.2) is 0 Å². The van der Waals surface area contributed by atoms with E-state index in [4.69, 9.17) is 4.74 Å². The lowest BCUT2D eigenvalue weighted by atomic mass is 10.4. The molecule has 2 heteroatoms. The van der Waals surface area contributed by atoms with Gasteiger partial charge in [-0.1, -0.05) is 19.8 Å². The fourth-order valence-electron chi connectivity index (χ4n) is 0.966. The second-order valence-corrected chi connectivity index (χ2v) is 4.05. The molecule has 0 aromatic rings. The average Bonchev–Trinajstić information content (AvgIpc) is 2.22. The third kappa shape index (κ3) is 0.524. The lowest BCUT2D eigenvalue weighted by molar-refractivity contribution is 0.159. The van der Waals surface area contributed by atoms with Crippen molar-refractivity contribution >= 4 is 7.92 Å². The predicted molar refractivity (Wildman–Crippen MR) is 30.7 cm³/mol. The van der Waals surface area contributed by atoms with E-state index in [0.29, 0.717) is 6.10 Å². The minimum atomic E-state index is 0.228. The van der Waals surface area contributed by atoms with E-state index in [1.54, 1.807) is 0 Å². The molecule has 0 aliphatic carbocycles. The molecule has 2 rings (SSSR count). The average molecular weight is 114 g/mol. The van der Waals surface area contributed by atoms with Crippen LogP contribution in [0.2, 0.25) is 0 Å². The smallest absolute Gasteiger partial charge is 0.0806 e. The number of hydrogen-bond donors (Lipinski definition) is 0. The minimum absolute atomic E-state index is 0.228. The molecule has 0 spiro atoms. The molecular formula is C5H7OP. The molecule has 0 saturated carbocycles. The topological polar surface area (TPSA) is 9.23 Å². The van der Waals surface area contributed by atoms with Gasteiger partial charge < -0.3 is 4.74 Å². The Morgan fingerprint density at radius 1 is 1.71 bits per heavy atom. The molecule has 1 fully saturated rings. The summed E-state index contributed by atoms with van der Waals surface area (Å²) in [4.78, 5) is 0. The second kappa shape index (κ2) is 1.30. The molecule has 2 atom stereocenters. The van der Waals surface area contributed by atoms with Gasteiger partial charge in [0.2, 0.25) is 0 Å². The molecule has 0 aromatic heterocycles. The summed E-state index contributed by atoms with van der Waals surface area (Å²) < 4.78 is 5.29. The van der Waals surface area contributed by atoms with Gasteiger partial charge in [-0.15, -0.1) is 0 Å². The van der Waals surface area contributed by atoms with Gasteiger partial charge in [0.05, 0.1) is 12.5 Å². The van der Waals surface area contributed by atoms with Gasteiger partial charge in [0, 0.05) is 6.16 Å². The Hall–Kier alpha value is 0.130. The minimum Gasteiger partial charge on any atom is -0.369 e. The van der Waals surface area contributed by atoms with E-state index in [9.17, 15) is 0 Å². The molecule has 2 unspecified atom stereocenters. The number of rotatable bonds is 0. The summed E-state index contributed by atoms with van der Waals surface area (Å²) in [5.41, 5.74) is 0. The monoisotopic (exact) mass is 114 g/mol. The van der Waals surface area contributed by atoms with Gasteiger partial charge in [-0.05, 0) is 0 Å². The number of hydrogen-bond acceptors (Lipinski definition) is 1. The van der Waals surface area contributed by atoms with Crippen molar-refractivity contribution in [2.24, 2.45) is 0 Å². The van der Waals surface area contributed by atoms with E-state index in [-0.39, 0.29) is 7.92 Å². The van der Waals surface area contributed by atoms with Gasteiger partial charge in [0.25, 0.3) is 0 Å². The van der Waals surface area contributed by atoms with Crippen LogP contribution >= 0.6 is 7.92 Å². The first-order chi connectivity index (χ1) is 3.45. The summed E-state index contributed by atoms with van der Waals surface area (Å²) in [7, 11) is 0.228. The standard InChI is InChI=1S/C5H7OP/c1-2-7-3-5(1)6-4-7/h1-2,5H,3-4H2. The van der Waals surface area contributed by atoms with Crippen molar-refractivity contribution in [3.05, 3.63) is 11.9 Å². The summed E-state index contributed by atoms with van der Waals surface area (Å²) in [6, 6.07) is 0. The first-order valence-corrected chi connectivity index (χ1v) is 4.27. The first-order valence-electron chi connectivity index (χ1n) is 2.49. The van der Waals surface area contributed by atoms with Gasteiger partial charge in [0.1, 0.15) is 0 Å². The van der Waals surface area contributed by atoms with Gasteiger partial charge in [-0.2, -0.15) is 0 Å². The maximum atomic E-state index is 5.29. The molecule has 0 amide bonds. The largest absolute Gasteiger partial charge is 0.369 e. The molecule has 2 aliphatic rings. The molecule has 2 heterocycles. The molecule has 2 aliphatic heterocycles. The summed E-state index contributed by atoms with van der Waals surface area (Å²) >= 11 is 0. The number of fused-ring (bicyclic) bond motifs is 2. The summed E-state index contributed by atoms with van der Waals surface area (Å²) in [6.45, 7) is 0. The third-order valence-electron chi connectivity index (χ3n) is 1.38. The Labute approximate surface area is 44.1 Å². The molecule has 1 nitrogen and oxygen atoms in total. The highest BCUT2D eigenvalue weighted by Gasteiger charge is 2.25. The zero-order valence-electron chi connectivity index (χ0n) is 4.00. The predicted octanol–water partition coefficient (Wildman–Crippen LogP) is 1.35. The van der Waals surface area contributed by atoms with Crippen molar-refractivity contribution in [3.63, 3.8) is 0 Å². The van der Waals surface area contributed by atoms with Crippen LogP contribution in [0.5, 0.6) is 0 Å². The van der Waals surface area contributed by atoms with Crippen LogP contribution in [-0.4, -0.2) is 18.6 Å². The van der Waals surface area contributed by atoms with Crippen molar-refractivity contribution in [1.82, 2.24) is 0 Å². The van der Waals surface area contributed by atoms with Crippen molar-refractivity contribution < 1.29 is 4.74 Å². The molecule has 2 bridgehead atoms. The van der Waals surface area contributed by atoms with Gasteiger partial charge in [-0.3, -0.25) is 0 Å². The van der Waals surface area contributed by atoms with Crippen LogP contribution in [0.25, 0.3) is 0 Å². The van der Waals surface area contributed by atoms with E-state index >= 15 is 0 Å². The van der Waals surface area contributed by atoms with Crippen LogP contribution in [0.3, 0.4) is 0 Å². The highest BCUT2D eigenvalue weighted by Crippen LogP contribution is 2.49. The maximum Gasteiger partial charge on any atom is 0.0806 e. The van der Waals surface area contributed by atoms with E-state index in [2.05, 4.69) is 11.9 Å². The van der Waals surface area contributed by atoms with Crippen molar-refractivity contribution in [3.8, 4) is 0 Å². The lowest BCUT2D eigenvalue weighted by Crippen LogP contribution is -2.00. The Morgan fingerprint density at radius 2 is 2.71 bits per heavy atom. The molecule has 0 radical (unpaired) electrons. The van der Waals surface area contributed by atoms with Crippen LogP contribution in [0.4, 0.5) is 0 Å². The van der Waals surface area contributed by atoms with Gasteiger partial charge >= 0.3 is 0 Å². The zero-order chi connectivity index (χ0) is 4.69. The normalized spacial score (nSPS) is 45.7. The van der Waals surface area contributed by atoms with E-state index < -0.39 is 0 Å². The van der Waals surface area contributed by atoms with Crippen LogP contribution in [-0.2, 0) is 4.74 Å². The Morgan fingerprint density at radius 3 is 2.86 bits per heavy atom. The van der Waals surface area contributed by atoms with Crippen LogP contribution in [0.15, 0.2) is 11.9 Å². The molecule has 1 saturated heterocycles. The lowest BCUT2D eigenvalue weighted by Gasteiger charge is -2.00. The van der Waals surface area contributed by atoms with Crippen LogP contribution in [0.1, 0.15) is 0 Å². The molecule has 0 aromatic carbocycles. The zero-order valence-corrected chi connectivity index (χ0v) is 4.90. The first kappa shape index (κ1) is 4.05. The summed E-state index contributed by atoms with van der Waals surface area (Å²) in [6.07, 6.45) is 5.06. The van der Waals surface area contributed by atoms with Crippen LogP contribution < -0.4 is 0 Å². The summed E-state index contributed by atoms with van der Waals surface area (Å²) in [5.74, 6) is 2.32. The van der Waals surface area contributed by atoms with Gasteiger partial charge in [0.15, 0.2) is 0 Å². The van der Waals surface area contributed by atoms with Crippen molar-refractivity contribution in [2.45, 2.75) is 6.10 Å². The van der Waals surface area contributed by atoms with Crippen LogP contribution in [0, 0.1) is 0 Å². The molecule has 0 N–H and O–H groups in total. The molecule has 38 valence electrons. The second-order valence-electron chi connectivity index (χ2n) is 1.95. The van der Waals surface area contributed by atoms with E-state index in [1.165, 1.54) is 6.16 Å². The fourth-order valence-corrected chi connectivity index (χ4v) is 2.79. The molecule has 7 heavy (non-hydrogen) atoms. The third-order valence-corrected chi connectivity index (χ3v) is 3.28. The Bertz CT molecular complexity index is 98.6. The maximum absolute atomic E-state index is 5.29. The highest BCUT2D eigenvalue weighted by atomic mass is 31.1. The number of ether oxygens (including phenoxy) is 1. The highest BCUT2D eigenvalue weighted by molar-refractivity contribution is 7.61. The van der Waals surface area contributed by atoms with Crippen molar-refractivity contribution in [1.29, 1.82) is 0 Å². The Balaban J connectivity index is 2.27. The molecular weight excluding hydrogens is 107 g/mol. The van der Waals surface area contributed by atoms with E-state index in [1.807, 2.05) is 0 Å². The summed E-state index contributed by atoms with van der Waals surface area (Å²) in [5, 5.41) is 0. The SMILES string of the molecule is C1=CP2COC1C2. The quantitative estimate of drug-likeness (QED) is 0.432. The Kier molecular flexibility index (Phi) is 0.754. The van der Waals surface area contributed by atoms with Crippen molar-refractivity contribution in [2.75, 3.05) is 12.5 Å².